The number of nitriles is 1. The van der Waals surface area contributed by atoms with Crippen molar-refractivity contribution in [2.45, 2.75) is 19.2 Å². The molecule has 0 aliphatic heterocycles. The summed E-state index contributed by atoms with van der Waals surface area (Å²) in [5.74, 6) is -0.413. The molecule has 0 aliphatic carbocycles. The maximum Gasteiger partial charge on any atom is 0.310 e. The van der Waals surface area contributed by atoms with Gasteiger partial charge in [0.1, 0.15) is 5.75 Å². The van der Waals surface area contributed by atoms with Crippen molar-refractivity contribution < 1.29 is 14.6 Å². The van der Waals surface area contributed by atoms with Crippen LogP contribution in [0, 0.1) is 11.3 Å². The number of alkyl halides is 1. The molecule has 5 heteroatoms. The van der Waals surface area contributed by atoms with E-state index in [2.05, 4.69) is 0 Å². The van der Waals surface area contributed by atoms with E-state index in [1.54, 1.807) is 13.0 Å². The van der Waals surface area contributed by atoms with E-state index in [0.717, 1.165) is 0 Å². The Bertz CT molecular complexity index is 466. The summed E-state index contributed by atoms with van der Waals surface area (Å²) in [6.45, 7) is 1.99. The smallest absolute Gasteiger partial charge is 0.310 e. The number of rotatable bonds is 4. The minimum Gasteiger partial charge on any atom is -0.508 e. The van der Waals surface area contributed by atoms with Crippen LogP contribution in [0.15, 0.2) is 12.1 Å². The van der Waals surface area contributed by atoms with Gasteiger partial charge in [-0.05, 0) is 24.6 Å². The molecule has 0 radical (unpaired) electrons. The second-order valence-corrected chi connectivity index (χ2v) is 3.63. The van der Waals surface area contributed by atoms with Gasteiger partial charge in [-0.25, -0.2) is 0 Å². The molecular weight excluding hydrogens is 242 g/mol. The molecule has 0 amide bonds. The Morgan fingerprint density at radius 2 is 2.29 bits per heavy atom. The van der Waals surface area contributed by atoms with Crippen molar-refractivity contribution in [3.63, 3.8) is 0 Å². The highest BCUT2D eigenvalue weighted by molar-refractivity contribution is 6.17. The van der Waals surface area contributed by atoms with E-state index in [9.17, 15) is 9.90 Å². The minimum atomic E-state index is -0.432. The van der Waals surface area contributed by atoms with Gasteiger partial charge in [-0.3, -0.25) is 4.79 Å². The van der Waals surface area contributed by atoms with Crippen LogP contribution in [0.4, 0.5) is 0 Å². The van der Waals surface area contributed by atoms with Crippen molar-refractivity contribution in [3.05, 3.63) is 28.8 Å². The van der Waals surface area contributed by atoms with E-state index in [0.29, 0.717) is 16.7 Å². The first-order chi connectivity index (χ1) is 8.12. The monoisotopic (exact) mass is 253 g/mol. The Morgan fingerprint density at radius 1 is 1.59 bits per heavy atom. The summed E-state index contributed by atoms with van der Waals surface area (Å²) in [6, 6.07) is 4.78. The summed E-state index contributed by atoms with van der Waals surface area (Å²) < 4.78 is 4.80. The zero-order valence-corrected chi connectivity index (χ0v) is 10.1. The number of aromatic hydroxyl groups is 1. The van der Waals surface area contributed by atoms with Crippen molar-refractivity contribution in [2.24, 2.45) is 0 Å². The normalized spacial score (nSPS) is 9.71. The van der Waals surface area contributed by atoms with Gasteiger partial charge in [-0.2, -0.15) is 5.26 Å². The largest absolute Gasteiger partial charge is 0.508 e. The van der Waals surface area contributed by atoms with Gasteiger partial charge in [0.05, 0.1) is 24.7 Å². The van der Waals surface area contributed by atoms with Gasteiger partial charge in [0.25, 0.3) is 0 Å². The van der Waals surface area contributed by atoms with Gasteiger partial charge < -0.3 is 9.84 Å². The molecular formula is C12H12ClNO3. The van der Waals surface area contributed by atoms with Gasteiger partial charge in [0.2, 0.25) is 0 Å². The summed E-state index contributed by atoms with van der Waals surface area (Å²) in [6.07, 6.45) is -0.0482. The molecule has 0 aliphatic rings. The third-order valence-corrected chi connectivity index (χ3v) is 2.51. The molecule has 1 aromatic carbocycles. The lowest BCUT2D eigenvalue weighted by Gasteiger charge is -2.09. The quantitative estimate of drug-likeness (QED) is 0.659. The van der Waals surface area contributed by atoms with Gasteiger partial charge in [-0.15, -0.1) is 11.6 Å². The second-order valence-electron chi connectivity index (χ2n) is 3.36. The first-order valence-electron chi connectivity index (χ1n) is 5.08. The second kappa shape index (κ2) is 6.12. The van der Waals surface area contributed by atoms with E-state index in [1.165, 1.54) is 6.07 Å². The Balaban J connectivity index is 3.06. The van der Waals surface area contributed by atoms with Crippen LogP contribution in [0.25, 0.3) is 0 Å². The van der Waals surface area contributed by atoms with E-state index in [1.807, 2.05) is 6.07 Å². The van der Waals surface area contributed by atoms with E-state index < -0.39 is 5.97 Å². The predicted octanol–water partition coefficient (Wildman–Crippen LogP) is 2.11. The van der Waals surface area contributed by atoms with E-state index in [4.69, 9.17) is 21.6 Å². The first-order valence-corrected chi connectivity index (χ1v) is 5.62. The molecule has 0 aromatic heterocycles. The van der Waals surface area contributed by atoms with Gasteiger partial charge in [-0.1, -0.05) is 0 Å². The fraction of sp³-hybridized carbons (Fsp3) is 0.333. The lowest BCUT2D eigenvalue weighted by molar-refractivity contribution is -0.142. The van der Waals surface area contributed by atoms with Crippen molar-refractivity contribution in [3.8, 4) is 11.8 Å². The number of benzene rings is 1. The lowest BCUT2D eigenvalue weighted by atomic mass is 10.0. The van der Waals surface area contributed by atoms with Crippen molar-refractivity contribution in [2.75, 3.05) is 6.61 Å². The molecule has 17 heavy (non-hydrogen) atoms. The van der Waals surface area contributed by atoms with Crippen LogP contribution in [0.2, 0.25) is 0 Å². The third-order valence-electron chi connectivity index (χ3n) is 2.22. The molecule has 0 saturated carbocycles. The van der Waals surface area contributed by atoms with Crippen molar-refractivity contribution in [1.29, 1.82) is 5.26 Å². The van der Waals surface area contributed by atoms with Crippen LogP contribution in [0.5, 0.6) is 5.75 Å². The molecule has 0 atom stereocenters. The number of phenolic OH excluding ortho intramolecular Hbond substituents is 1. The van der Waals surface area contributed by atoms with Crippen LogP contribution in [-0.2, 0) is 21.8 Å². The summed E-state index contributed by atoms with van der Waals surface area (Å²) in [5.41, 5.74) is 1.29. The Labute approximate surface area is 104 Å². The summed E-state index contributed by atoms with van der Waals surface area (Å²) in [7, 11) is 0. The Kier molecular flexibility index (Phi) is 4.80. The Morgan fingerprint density at radius 3 is 2.82 bits per heavy atom. The lowest BCUT2D eigenvalue weighted by Crippen LogP contribution is -2.09. The molecule has 0 saturated heterocycles. The number of carbonyl (C=O) groups is 1. The number of hydrogen-bond donors (Lipinski definition) is 1. The summed E-state index contributed by atoms with van der Waals surface area (Å²) in [4.78, 5) is 11.3. The number of esters is 1. The van der Waals surface area contributed by atoms with Crippen molar-refractivity contribution >= 4 is 17.6 Å². The van der Waals surface area contributed by atoms with E-state index in [-0.39, 0.29) is 24.7 Å². The van der Waals surface area contributed by atoms with Gasteiger partial charge in [0, 0.05) is 11.4 Å². The molecule has 1 N–H and O–H groups in total. The Hall–Kier alpha value is -1.73. The number of phenols is 1. The molecule has 4 nitrogen and oxygen atoms in total. The number of halogens is 1. The zero-order valence-electron chi connectivity index (χ0n) is 9.36. The maximum absolute atomic E-state index is 11.3. The molecule has 0 spiro atoms. The molecule has 0 bridgehead atoms. The SMILES string of the molecule is CCOC(=O)Cc1c(O)cc(C#N)cc1CCl. The van der Waals surface area contributed by atoms with Gasteiger partial charge >= 0.3 is 5.97 Å². The fourth-order valence-corrected chi connectivity index (χ4v) is 1.70. The molecule has 0 unspecified atom stereocenters. The highest BCUT2D eigenvalue weighted by Gasteiger charge is 2.14. The molecule has 90 valence electrons. The number of nitrogens with zero attached hydrogens (tertiary/aromatic N) is 1. The maximum atomic E-state index is 11.3. The van der Waals surface area contributed by atoms with E-state index >= 15 is 0 Å². The number of hydrogen-bond acceptors (Lipinski definition) is 4. The predicted molar refractivity (Wildman–Crippen MR) is 62.7 cm³/mol. The average Bonchev–Trinajstić information content (AvgIpc) is 2.31. The molecule has 0 heterocycles. The number of carbonyl (C=O) groups excluding carboxylic acids is 1. The summed E-state index contributed by atoms with van der Waals surface area (Å²) in [5, 5.41) is 18.5. The first kappa shape index (κ1) is 13.3. The topological polar surface area (TPSA) is 70.3 Å². The van der Waals surface area contributed by atoms with Crippen LogP contribution in [-0.4, -0.2) is 17.7 Å². The van der Waals surface area contributed by atoms with Crippen molar-refractivity contribution in [1.82, 2.24) is 0 Å². The van der Waals surface area contributed by atoms with Crippen LogP contribution >= 0.6 is 11.6 Å². The average molecular weight is 254 g/mol. The van der Waals surface area contributed by atoms with Crippen LogP contribution < -0.4 is 0 Å². The van der Waals surface area contributed by atoms with Gasteiger partial charge in [0.15, 0.2) is 0 Å². The standard InChI is InChI=1S/C12H12ClNO3/c1-2-17-12(16)5-10-9(6-13)3-8(7-14)4-11(10)15/h3-4,15H,2,5-6H2,1H3. The zero-order chi connectivity index (χ0) is 12.8. The molecule has 1 rings (SSSR count). The summed E-state index contributed by atoms with van der Waals surface area (Å²) >= 11 is 5.72. The highest BCUT2D eigenvalue weighted by atomic mass is 35.5. The fourth-order valence-electron chi connectivity index (χ4n) is 1.46. The highest BCUT2D eigenvalue weighted by Crippen LogP contribution is 2.25. The minimum absolute atomic E-state index is 0.0482. The van der Waals surface area contributed by atoms with Crippen LogP contribution in [0.1, 0.15) is 23.6 Å². The number of ether oxygens (including phenoxy) is 1. The molecule has 0 fully saturated rings. The molecule has 1 aromatic rings. The third kappa shape index (κ3) is 3.36. The van der Waals surface area contributed by atoms with Crippen LogP contribution in [0.3, 0.4) is 0 Å².